The normalized spacial score (nSPS) is 18.6. The van der Waals surface area contributed by atoms with Crippen LogP contribution < -0.4 is 10.6 Å². The van der Waals surface area contributed by atoms with E-state index in [0.29, 0.717) is 0 Å². The molecule has 0 spiro atoms. The number of aliphatic hydroxyl groups is 8. The molecule has 0 rings (SSSR count). The van der Waals surface area contributed by atoms with Crippen LogP contribution in [0.25, 0.3) is 0 Å². The highest BCUT2D eigenvalue weighted by Crippen LogP contribution is 2.10. The maximum absolute atomic E-state index is 12.5. The summed E-state index contributed by atoms with van der Waals surface area (Å²) in [5.74, 6) is -2.15. The molecule has 0 fully saturated rings. The second-order valence-corrected chi connectivity index (χ2v) is 9.38. The first kappa shape index (κ1) is 33.9. The zero-order chi connectivity index (χ0) is 28.4. The number of hydrogen-bond donors (Lipinski definition) is 10. The van der Waals surface area contributed by atoms with E-state index >= 15 is 0 Å². The standard InChI is InChI=1S/C21H41N3O12/c1-10(25)12(27)14(29)16(31)18(33)22-6-8-24(20(35)36-21(3,4)5)9-7-23-19(34)17(32)15(30)13(28)11(2)26/h10-17,25-32H,6-9H2,1-5H3,(H,22,33)(H,23,34)/t10-,11-,12-,13-,14+,15+,16-,17-/m1/s1. The van der Waals surface area contributed by atoms with Crippen LogP contribution in [0.15, 0.2) is 0 Å². The molecule has 0 aromatic heterocycles. The summed E-state index contributed by atoms with van der Waals surface area (Å²) < 4.78 is 5.26. The number of amides is 3. The van der Waals surface area contributed by atoms with Gasteiger partial charge in [-0.05, 0) is 34.6 Å². The second-order valence-electron chi connectivity index (χ2n) is 9.38. The second kappa shape index (κ2) is 15.2. The molecular weight excluding hydrogens is 486 g/mol. The lowest BCUT2D eigenvalue weighted by Gasteiger charge is -2.28. The number of aliphatic hydroxyl groups excluding tert-OH is 8. The van der Waals surface area contributed by atoms with Crippen LogP contribution in [0.3, 0.4) is 0 Å². The van der Waals surface area contributed by atoms with E-state index in [1.807, 2.05) is 0 Å². The lowest BCUT2D eigenvalue weighted by atomic mass is 10.0. The van der Waals surface area contributed by atoms with Crippen molar-refractivity contribution in [3.8, 4) is 0 Å². The van der Waals surface area contributed by atoms with Gasteiger partial charge in [-0.3, -0.25) is 9.59 Å². The van der Waals surface area contributed by atoms with Crippen LogP contribution in [0.1, 0.15) is 34.6 Å². The Morgan fingerprint density at radius 3 is 1.31 bits per heavy atom. The smallest absolute Gasteiger partial charge is 0.410 e. The Labute approximate surface area is 209 Å². The van der Waals surface area contributed by atoms with Crippen LogP contribution in [-0.4, -0.2) is 144 Å². The number of ether oxygens (including phenoxy) is 1. The number of rotatable bonds is 14. The zero-order valence-electron chi connectivity index (χ0n) is 21.1. The fourth-order valence-corrected chi connectivity index (χ4v) is 2.71. The van der Waals surface area contributed by atoms with Crippen molar-refractivity contribution in [2.75, 3.05) is 26.2 Å². The molecule has 0 saturated heterocycles. The fraction of sp³-hybridized carbons (Fsp3) is 0.857. The number of nitrogens with one attached hydrogen (secondary N) is 2. The van der Waals surface area contributed by atoms with Gasteiger partial charge in [0.1, 0.15) is 30.0 Å². The summed E-state index contributed by atoms with van der Waals surface area (Å²) in [7, 11) is 0. The highest BCUT2D eigenvalue weighted by Gasteiger charge is 2.34. The minimum atomic E-state index is -2.06. The van der Waals surface area contributed by atoms with Gasteiger partial charge in [0.2, 0.25) is 0 Å². The predicted octanol–water partition coefficient (Wildman–Crippen LogP) is -4.62. The van der Waals surface area contributed by atoms with Crippen LogP contribution in [0.5, 0.6) is 0 Å². The molecule has 10 N–H and O–H groups in total. The van der Waals surface area contributed by atoms with Crippen molar-refractivity contribution in [2.24, 2.45) is 0 Å². The van der Waals surface area contributed by atoms with Crippen molar-refractivity contribution in [2.45, 2.75) is 89.1 Å². The summed E-state index contributed by atoms with van der Waals surface area (Å²) in [6, 6.07) is 0. The van der Waals surface area contributed by atoms with Crippen molar-refractivity contribution < 1.29 is 60.0 Å². The Morgan fingerprint density at radius 2 is 1.03 bits per heavy atom. The van der Waals surface area contributed by atoms with E-state index in [4.69, 9.17) is 4.74 Å². The van der Waals surface area contributed by atoms with Crippen LogP contribution in [0, 0.1) is 0 Å². The van der Waals surface area contributed by atoms with Gasteiger partial charge in [0.15, 0.2) is 12.2 Å². The number of nitrogens with zero attached hydrogens (tertiary/aromatic N) is 1. The number of carbonyl (C=O) groups excluding carboxylic acids is 3. The zero-order valence-corrected chi connectivity index (χ0v) is 21.1. The molecule has 212 valence electrons. The van der Waals surface area contributed by atoms with E-state index in [1.54, 1.807) is 20.8 Å². The minimum absolute atomic E-state index is 0.176. The summed E-state index contributed by atoms with van der Waals surface area (Å²) in [5, 5.41) is 81.4. The van der Waals surface area contributed by atoms with E-state index in [2.05, 4.69) is 10.6 Å². The molecule has 0 bridgehead atoms. The number of hydrogen-bond acceptors (Lipinski definition) is 12. The first-order chi connectivity index (χ1) is 16.4. The molecular formula is C21H41N3O12. The van der Waals surface area contributed by atoms with Crippen molar-refractivity contribution in [1.29, 1.82) is 0 Å². The summed E-state index contributed by atoms with van der Waals surface area (Å²) >= 11 is 0. The average Bonchev–Trinajstić information content (AvgIpc) is 2.78. The molecule has 0 unspecified atom stereocenters. The van der Waals surface area contributed by atoms with Gasteiger partial charge in [0, 0.05) is 26.2 Å². The molecule has 3 amide bonds. The molecule has 36 heavy (non-hydrogen) atoms. The van der Waals surface area contributed by atoms with Gasteiger partial charge in [-0.25, -0.2) is 4.79 Å². The molecule has 15 nitrogen and oxygen atoms in total. The Balaban J connectivity index is 5.01. The minimum Gasteiger partial charge on any atom is -0.444 e. The fourth-order valence-electron chi connectivity index (χ4n) is 2.71. The Bertz CT molecular complexity index is 656. The molecule has 0 aromatic carbocycles. The molecule has 0 saturated carbocycles. The molecule has 0 aliphatic rings. The van der Waals surface area contributed by atoms with Gasteiger partial charge in [-0.15, -0.1) is 0 Å². The molecule has 15 heteroatoms. The van der Waals surface area contributed by atoms with E-state index in [0.717, 1.165) is 18.7 Å². The summed E-state index contributed by atoms with van der Waals surface area (Å²) in [5.41, 5.74) is -0.878. The number of carbonyl (C=O) groups is 3. The SMILES string of the molecule is C[C@@H](O)[C@@H](O)[C@H](O)[C@@H](O)C(=O)NCCN(CCNC(=O)[C@H](O)[C@@H](O)[C@H](O)[C@@H](C)O)C(=O)OC(C)(C)C. The van der Waals surface area contributed by atoms with Crippen molar-refractivity contribution in [1.82, 2.24) is 15.5 Å². The Hall–Kier alpha value is -2.11. The first-order valence-corrected chi connectivity index (χ1v) is 11.4. The summed E-state index contributed by atoms with van der Waals surface area (Å²) in [4.78, 5) is 37.7. The van der Waals surface area contributed by atoms with Crippen molar-refractivity contribution in [3.05, 3.63) is 0 Å². The lowest BCUT2D eigenvalue weighted by Crippen LogP contribution is -2.52. The van der Waals surface area contributed by atoms with E-state index < -0.39 is 72.3 Å². The van der Waals surface area contributed by atoms with E-state index in [-0.39, 0.29) is 26.2 Å². The maximum Gasteiger partial charge on any atom is 0.410 e. The highest BCUT2D eigenvalue weighted by atomic mass is 16.6. The van der Waals surface area contributed by atoms with Crippen molar-refractivity contribution in [3.63, 3.8) is 0 Å². The lowest BCUT2D eigenvalue weighted by molar-refractivity contribution is -0.146. The van der Waals surface area contributed by atoms with Gasteiger partial charge in [0.05, 0.1) is 12.2 Å². The van der Waals surface area contributed by atoms with Crippen LogP contribution >= 0.6 is 0 Å². The van der Waals surface area contributed by atoms with Gasteiger partial charge < -0.3 is 61.1 Å². The van der Waals surface area contributed by atoms with Gasteiger partial charge >= 0.3 is 6.09 Å². The topological polar surface area (TPSA) is 250 Å². The third-order valence-corrected chi connectivity index (χ3v) is 4.89. The van der Waals surface area contributed by atoms with Gasteiger partial charge in [-0.1, -0.05) is 0 Å². The highest BCUT2D eigenvalue weighted by molar-refractivity contribution is 5.81. The van der Waals surface area contributed by atoms with Crippen molar-refractivity contribution >= 4 is 17.9 Å². The third kappa shape index (κ3) is 11.7. The molecule has 0 aliphatic heterocycles. The van der Waals surface area contributed by atoms with E-state index in [9.17, 15) is 55.2 Å². The summed E-state index contributed by atoms with van der Waals surface area (Å²) in [6.45, 7) is 6.34. The Kier molecular flexibility index (Phi) is 14.3. The molecule has 0 aliphatic carbocycles. The Morgan fingerprint density at radius 1 is 0.694 bits per heavy atom. The quantitative estimate of drug-likeness (QED) is 0.102. The average molecular weight is 528 g/mol. The molecule has 0 radical (unpaired) electrons. The summed E-state index contributed by atoms with van der Waals surface area (Å²) in [6.07, 6.45) is -15.2. The third-order valence-electron chi connectivity index (χ3n) is 4.89. The van der Waals surface area contributed by atoms with Gasteiger partial charge in [0.25, 0.3) is 11.8 Å². The van der Waals surface area contributed by atoms with Crippen LogP contribution in [0.4, 0.5) is 4.79 Å². The molecule has 8 atom stereocenters. The molecule has 0 heterocycles. The van der Waals surface area contributed by atoms with Gasteiger partial charge in [-0.2, -0.15) is 0 Å². The largest absolute Gasteiger partial charge is 0.444 e. The monoisotopic (exact) mass is 527 g/mol. The first-order valence-electron chi connectivity index (χ1n) is 11.4. The van der Waals surface area contributed by atoms with E-state index in [1.165, 1.54) is 0 Å². The maximum atomic E-state index is 12.5. The van der Waals surface area contributed by atoms with Crippen LogP contribution in [0.2, 0.25) is 0 Å². The predicted molar refractivity (Wildman–Crippen MR) is 123 cm³/mol. The van der Waals surface area contributed by atoms with Crippen LogP contribution in [-0.2, 0) is 14.3 Å². The molecule has 0 aromatic rings.